The molecule has 202 valence electrons. The highest BCUT2D eigenvalue weighted by atomic mass is 35.5. The molecule has 1 saturated heterocycles. The average molecular weight is 546 g/mol. The predicted molar refractivity (Wildman–Crippen MR) is 140 cm³/mol. The molecule has 11 heteroatoms. The first-order chi connectivity index (χ1) is 18.0. The van der Waals surface area contributed by atoms with Gasteiger partial charge in [-0.1, -0.05) is 30.7 Å². The Bertz CT molecular complexity index is 1370. The summed E-state index contributed by atoms with van der Waals surface area (Å²) in [5, 5.41) is 20.0. The molecule has 1 aliphatic heterocycles. The number of pyridine rings is 1. The third kappa shape index (κ3) is 5.56. The van der Waals surface area contributed by atoms with Gasteiger partial charge in [0.05, 0.1) is 16.0 Å². The summed E-state index contributed by atoms with van der Waals surface area (Å²) < 4.78 is 29.8. The zero-order valence-electron chi connectivity index (χ0n) is 21.5. The molecule has 0 saturated carbocycles. The third-order valence-electron chi connectivity index (χ3n) is 7.23. The number of aliphatic carboxylic acids is 1. The van der Waals surface area contributed by atoms with Crippen molar-refractivity contribution in [3.63, 3.8) is 0 Å². The van der Waals surface area contributed by atoms with Gasteiger partial charge in [-0.25, -0.2) is 13.8 Å². The quantitative estimate of drug-likeness (QED) is 0.300. The molecule has 3 N–H and O–H groups in total. The average Bonchev–Trinajstić information content (AvgIpc) is 3.30. The minimum absolute atomic E-state index is 0.0199. The monoisotopic (exact) mass is 545 g/mol. The third-order valence-corrected chi connectivity index (χ3v) is 7.52. The van der Waals surface area contributed by atoms with Gasteiger partial charge >= 0.3 is 5.97 Å². The highest BCUT2D eigenvalue weighted by Gasteiger charge is 2.43. The number of likely N-dealkylation sites (tertiary alicyclic amines) is 1. The van der Waals surface area contributed by atoms with E-state index in [1.165, 1.54) is 6.07 Å². The van der Waals surface area contributed by atoms with Gasteiger partial charge in [0.1, 0.15) is 5.82 Å². The van der Waals surface area contributed by atoms with Crippen LogP contribution in [0.3, 0.4) is 0 Å². The Balaban J connectivity index is 1.62. The van der Waals surface area contributed by atoms with E-state index in [0.29, 0.717) is 42.3 Å². The summed E-state index contributed by atoms with van der Waals surface area (Å²) >= 11 is 5.91. The minimum atomic E-state index is -1.17. The van der Waals surface area contributed by atoms with Crippen LogP contribution in [0.1, 0.15) is 59.1 Å². The summed E-state index contributed by atoms with van der Waals surface area (Å²) in [6, 6.07) is 6.49. The van der Waals surface area contributed by atoms with Crippen molar-refractivity contribution in [2.24, 2.45) is 5.41 Å². The summed E-state index contributed by atoms with van der Waals surface area (Å²) in [6.07, 6.45) is 0.663. The number of carbonyl (C=O) groups excluding carboxylic acids is 1. The van der Waals surface area contributed by atoms with Crippen LogP contribution in [0.2, 0.25) is 5.02 Å². The standard InChI is InChI=1S/C27H30ClF2N5O3/c1-4-20(36)22-16(3)19(31-25(24(22)30)32-21-12-15(2)33-34-21)13-27(26(37)38)8-10-35(11-9-27)14-17-6-5-7-18(28)23(17)29/h5-7,12H,4,8-11,13-14H2,1-3H3,(H,37,38)(H2,31,32,33,34). The molecule has 4 rings (SSSR count). The number of aryl methyl sites for hydroxylation is 1. The molecule has 0 spiro atoms. The summed E-state index contributed by atoms with van der Waals surface area (Å²) in [4.78, 5) is 31.7. The van der Waals surface area contributed by atoms with E-state index < -0.39 is 28.8 Å². The Morgan fingerprint density at radius 1 is 1.21 bits per heavy atom. The van der Waals surface area contributed by atoms with Crippen LogP contribution in [0, 0.1) is 30.9 Å². The summed E-state index contributed by atoms with van der Waals surface area (Å²) in [5.41, 5.74) is 0.604. The normalized spacial score (nSPS) is 15.4. The smallest absolute Gasteiger partial charge is 0.310 e. The predicted octanol–water partition coefficient (Wildman–Crippen LogP) is 5.60. The molecular weight excluding hydrogens is 516 g/mol. The second-order valence-electron chi connectivity index (χ2n) is 9.81. The number of hydrogen-bond acceptors (Lipinski definition) is 6. The number of aromatic amines is 1. The highest BCUT2D eigenvalue weighted by molar-refractivity contribution is 6.30. The number of carboxylic acid groups (broad SMARTS) is 1. The molecule has 0 atom stereocenters. The molecule has 1 aliphatic rings. The van der Waals surface area contributed by atoms with Crippen LogP contribution in [-0.2, 0) is 17.8 Å². The maximum atomic E-state index is 15.4. The molecule has 0 aliphatic carbocycles. The molecule has 0 radical (unpaired) electrons. The number of carbonyl (C=O) groups is 2. The van der Waals surface area contributed by atoms with Gasteiger partial charge in [0.15, 0.2) is 23.2 Å². The van der Waals surface area contributed by atoms with Crippen molar-refractivity contribution in [2.45, 2.75) is 53.0 Å². The molecule has 0 amide bonds. The van der Waals surface area contributed by atoms with Gasteiger partial charge in [-0.3, -0.25) is 19.6 Å². The summed E-state index contributed by atoms with van der Waals surface area (Å²) in [5.74, 6) is -2.50. The van der Waals surface area contributed by atoms with Gasteiger partial charge in [-0.05, 0) is 51.4 Å². The fourth-order valence-corrected chi connectivity index (χ4v) is 5.09. The number of nitrogens with zero attached hydrogens (tertiary/aromatic N) is 3. The first kappa shape index (κ1) is 27.7. The molecule has 3 aromatic rings. The largest absolute Gasteiger partial charge is 0.481 e. The van der Waals surface area contributed by atoms with Gasteiger partial charge in [0, 0.05) is 42.4 Å². The number of aromatic nitrogens is 3. The van der Waals surface area contributed by atoms with E-state index in [2.05, 4.69) is 20.5 Å². The van der Waals surface area contributed by atoms with Crippen LogP contribution >= 0.6 is 11.6 Å². The van der Waals surface area contributed by atoms with E-state index in [9.17, 15) is 19.1 Å². The number of benzene rings is 1. The van der Waals surface area contributed by atoms with Crippen molar-refractivity contribution in [3.05, 3.63) is 69.0 Å². The topological polar surface area (TPSA) is 111 Å². The molecule has 2 aromatic heterocycles. The van der Waals surface area contributed by atoms with Crippen molar-refractivity contribution in [2.75, 3.05) is 18.4 Å². The number of H-pyrrole nitrogens is 1. The molecule has 1 aromatic carbocycles. The number of carboxylic acids is 1. The number of hydrogen-bond donors (Lipinski definition) is 3. The highest BCUT2D eigenvalue weighted by Crippen LogP contribution is 2.38. The Morgan fingerprint density at radius 3 is 2.53 bits per heavy atom. The maximum Gasteiger partial charge on any atom is 0.310 e. The number of halogens is 3. The Kier molecular flexibility index (Phi) is 8.13. The number of nitrogens with one attached hydrogen (secondary N) is 2. The number of rotatable bonds is 9. The number of anilines is 2. The lowest BCUT2D eigenvalue weighted by molar-refractivity contribution is -0.152. The molecule has 3 heterocycles. The lowest BCUT2D eigenvalue weighted by Crippen LogP contribution is -2.45. The van der Waals surface area contributed by atoms with E-state index in [4.69, 9.17) is 11.6 Å². The molecular formula is C27H30ClF2N5O3. The van der Waals surface area contributed by atoms with Crippen molar-refractivity contribution < 1.29 is 23.5 Å². The van der Waals surface area contributed by atoms with Crippen LogP contribution in [0.4, 0.5) is 20.4 Å². The molecule has 8 nitrogen and oxygen atoms in total. The van der Waals surface area contributed by atoms with E-state index in [0.717, 1.165) is 5.69 Å². The minimum Gasteiger partial charge on any atom is -0.481 e. The number of Topliss-reactive ketones (excluding diaryl/α,β-unsaturated/α-hetero) is 1. The molecule has 0 unspecified atom stereocenters. The van der Waals surface area contributed by atoms with Crippen LogP contribution < -0.4 is 5.32 Å². The lowest BCUT2D eigenvalue weighted by atomic mass is 9.74. The van der Waals surface area contributed by atoms with Crippen LogP contribution in [-0.4, -0.2) is 50.0 Å². The van der Waals surface area contributed by atoms with Crippen molar-refractivity contribution in [3.8, 4) is 0 Å². The van der Waals surface area contributed by atoms with Crippen molar-refractivity contribution >= 4 is 35.0 Å². The second-order valence-corrected chi connectivity index (χ2v) is 10.2. The molecule has 38 heavy (non-hydrogen) atoms. The van der Waals surface area contributed by atoms with Gasteiger partial charge in [-0.2, -0.15) is 5.10 Å². The Hall–Kier alpha value is -3.37. The fourth-order valence-electron chi connectivity index (χ4n) is 4.90. The number of piperidine rings is 1. The molecule has 1 fully saturated rings. The van der Waals surface area contributed by atoms with E-state index in [1.54, 1.807) is 39.0 Å². The van der Waals surface area contributed by atoms with Gasteiger partial charge in [0.2, 0.25) is 0 Å². The SMILES string of the molecule is CCC(=O)c1c(C)c(CC2(C(=O)O)CCN(Cc3cccc(Cl)c3F)CC2)nc(Nc2cc(C)[nH]n2)c1F. The first-order valence-corrected chi connectivity index (χ1v) is 12.8. The van der Waals surface area contributed by atoms with E-state index in [1.807, 2.05) is 4.90 Å². The van der Waals surface area contributed by atoms with Crippen molar-refractivity contribution in [1.82, 2.24) is 20.1 Å². The maximum absolute atomic E-state index is 15.4. The number of ketones is 1. The summed E-state index contributed by atoms with van der Waals surface area (Å²) in [7, 11) is 0. The van der Waals surface area contributed by atoms with Crippen LogP contribution in [0.25, 0.3) is 0 Å². The first-order valence-electron chi connectivity index (χ1n) is 12.4. The van der Waals surface area contributed by atoms with Crippen molar-refractivity contribution in [1.29, 1.82) is 0 Å². The fraction of sp³-hybridized carbons (Fsp3) is 0.407. The Labute approximate surface area is 224 Å². The van der Waals surface area contributed by atoms with E-state index in [-0.39, 0.29) is 42.1 Å². The summed E-state index contributed by atoms with van der Waals surface area (Å²) in [6.45, 7) is 6.17. The lowest BCUT2D eigenvalue weighted by Gasteiger charge is -2.39. The van der Waals surface area contributed by atoms with Gasteiger partial charge in [0.25, 0.3) is 0 Å². The second kappa shape index (κ2) is 11.2. The van der Waals surface area contributed by atoms with Gasteiger partial charge < -0.3 is 10.4 Å². The Morgan fingerprint density at radius 2 is 1.92 bits per heavy atom. The zero-order valence-corrected chi connectivity index (χ0v) is 22.3. The molecule has 0 bridgehead atoms. The zero-order chi connectivity index (χ0) is 27.6. The van der Waals surface area contributed by atoms with Crippen LogP contribution in [0.15, 0.2) is 24.3 Å². The van der Waals surface area contributed by atoms with Crippen LogP contribution in [0.5, 0.6) is 0 Å². The van der Waals surface area contributed by atoms with Gasteiger partial charge in [-0.15, -0.1) is 0 Å². The van der Waals surface area contributed by atoms with E-state index >= 15 is 4.39 Å².